The van der Waals surface area contributed by atoms with Crippen LogP contribution in [0.2, 0.25) is 0 Å². The largest absolute Gasteiger partial charge is 0.417 e. The Hall–Kier alpha value is -3.82. The number of hydrogen-bond donors (Lipinski definition) is 1. The molecule has 4 nitrogen and oxygen atoms in total. The molecule has 1 heterocycles. The second-order valence-electron chi connectivity index (χ2n) is 7.23. The summed E-state index contributed by atoms with van der Waals surface area (Å²) >= 11 is 0. The van der Waals surface area contributed by atoms with E-state index in [4.69, 9.17) is 0 Å². The van der Waals surface area contributed by atoms with Gasteiger partial charge in [0.1, 0.15) is 0 Å². The van der Waals surface area contributed by atoms with Crippen LogP contribution in [-0.4, -0.2) is 15.7 Å². The highest BCUT2D eigenvalue weighted by Gasteiger charge is 2.35. The molecule has 170 valence electrons. The summed E-state index contributed by atoms with van der Waals surface area (Å²) in [4.78, 5) is 12.5. The van der Waals surface area contributed by atoms with E-state index in [2.05, 4.69) is 10.4 Å². The summed E-state index contributed by atoms with van der Waals surface area (Å²) < 4.78 is 80.7. The lowest BCUT2D eigenvalue weighted by Gasteiger charge is -2.13. The Morgan fingerprint density at radius 3 is 2.18 bits per heavy atom. The molecule has 0 atom stereocenters. The highest BCUT2D eigenvalue weighted by Crippen LogP contribution is 2.33. The third kappa shape index (κ3) is 4.69. The van der Waals surface area contributed by atoms with Gasteiger partial charge >= 0.3 is 12.4 Å². The number of amides is 1. The standard InChI is InChI=1S/C23H15F6N3O/c24-22(25,26)18-7-3-1-5-14(18)13-32-20-10-9-16(11-15(20)12-30-32)31-21(33)17-6-2-4-8-19(17)23(27,28)29/h1-12H,13H2,(H,31,33). The number of carbonyl (C=O) groups is 1. The molecule has 0 fully saturated rings. The lowest BCUT2D eigenvalue weighted by Crippen LogP contribution is -2.18. The van der Waals surface area contributed by atoms with Crippen LogP contribution >= 0.6 is 0 Å². The number of halogens is 6. The summed E-state index contributed by atoms with van der Waals surface area (Å²) in [5.41, 5.74) is -1.58. The number of nitrogens with one attached hydrogen (secondary N) is 1. The van der Waals surface area contributed by atoms with E-state index in [9.17, 15) is 31.1 Å². The van der Waals surface area contributed by atoms with E-state index in [1.165, 1.54) is 59.4 Å². The van der Waals surface area contributed by atoms with Gasteiger partial charge in [-0.05, 0) is 42.0 Å². The molecule has 4 rings (SSSR count). The Morgan fingerprint density at radius 2 is 1.48 bits per heavy atom. The predicted molar refractivity (Wildman–Crippen MR) is 110 cm³/mol. The maximum atomic E-state index is 13.3. The molecule has 33 heavy (non-hydrogen) atoms. The number of aromatic nitrogens is 2. The van der Waals surface area contributed by atoms with Crippen molar-refractivity contribution >= 4 is 22.5 Å². The van der Waals surface area contributed by atoms with Crippen molar-refractivity contribution in [3.05, 3.63) is 95.2 Å². The zero-order chi connectivity index (χ0) is 23.8. The average Bonchev–Trinajstić information content (AvgIpc) is 3.14. The number of anilines is 1. The average molecular weight is 463 g/mol. The second-order valence-corrected chi connectivity index (χ2v) is 7.23. The van der Waals surface area contributed by atoms with E-state index in [1.54, 1.807) is 0 Å². The summed E-state index contributed by atoms with van der Waals surface area (Å²) in [6, 6.07) is 14.1. The first-order valence-corrected chi connectivity index (χ1v) is 9.62. The molecule has 0 bridgehead atoms. The molecule has 0 radical (unpaired) electrons. The van der Waals surface area contributed by atoms with E-state index in [0.29, 0.717) is 10.9 Å². The minimum Gasteiger partial charge on any atom is -0.322 e. The molecule has 1 aromatic heterocycles. The van der Waals surface area contributed by atoms with Crippen LogP contribution in [0.5, 0.6) is 0 Å². The zero-order valence-corrected chi connectivity index (χ0v) is 16.7. The fourth-order valence-corrected chi connectivity index (χ4v) is 3.51. The first kappa shape index (κ1) is 22.4. The molecule has 0 spiro atoms. The Balaban J connectivity index is 1.60. The molecular weight excluding hydrogens is 448 g/mol. The Bertz CT molecular complexity index is 1320. The number of benzene rings is 3. The number of hydrogen-bond acceptors (Lipinski definition) is 2. The highest BCUT2D eigenvalue weighted by atomic mass is 19.4. The minimum absolute atomic E-state index is 0.0381. The van der Waals surface area contributed by atoms with Crippen LogP contribution in [0.15, 0.2) is 72.9 Å². The van der Waals surface area contributed by atoms with Crippen molar-refractivity contribution in [2.75, 3.05) is 5.32 Å². The summed E-state index contributed by atoms with van der Waals surface area (Å²) in [7, 11) is 0. The molecule has 1 N–H and O–H groups in total. The van der Waals surface area contributed by atoms with E-state index < -0.39 is 35.0 Å². The molecule has 10 heteroatoms. The van der Waals surface area contributed by atoms with Crippen LogP contribution < -0.4 is 5.32 Å². The maximum absolute atomic E-state index is 13.3. The fourth-order valence-electron chi connectivity index (χ4n) is 3.51. The molecule has 0 aliphatic heterocycles. The SMILES string of the molecule is O=C(Nc1ccc2c(cnn2Cc2ccccc2C(F)(F)F)c1)c1ccccc1C(F)(F)F. The smallest absolute Gasteiger partial charge is 0.322 e. The van der Waals surface area contributed by atoms with E-state index in [1.807, 2.05) is 0 Å². The van der Waals surface area contributed by atoms with Crippen LogP contribution in [0.25, 0.3) is 10.9 Å². The molecule has 4 aromatic rings. The minimum atomic E-state index is -4.69. The van der Waals surface area contributed by atoms with Crippen molar-refractivity contribution in [3.63, 3.8) is 0 Å². The third-order valence-electron chi connectivity index (χ3n) is 5.02. The lowest BCUT2D eigenvalue weighted by atomic mass is 10.1. The van der Waals surface area contributed by atoms with Crippen LogP contribution in [0.1, 0.15) is 27.0 Å². The van der Waals surface area contributed by atoms with Gasteiger partial charge in [-0.2, -0.15) is 31.4 Å². The van der Waals surface area contributed by atoms with Crippen LogP contribution in [0.3, 0.4) is 0 Å². The first-order valence-electron chi connectivity index (χ1n) is 9.62. The zero-order valence-electron chi connectivity index (χ0n) is 16.7. The summed E-state index contributed by atoms with van der Waals surface area (Å²) in [5, 5.41) is 7.05. The van der Waals surface area contributed by atoms with Gasteiger partial charge in [0.25, 0.3) is 5.91 Å². The van der Waals surface area contributed by atoms with E-state index >= 15 is 0 Å². The van der Waals surface area contributed by atoms with Gasteiger partial charge < -0.3 is 5.32 Å². The number of fused-ring (bicyclic) bond motifs is 1. The molecule has 0 unspecified atom stereocenters. The van der Waals surface area contributed by atoms with Crippen molar-refractivity contribution in [1.29, 1.82) is 0 Å². The first-order chi connectivity index (χ1) is 15.5. The van der Waals surface area contributed by atoms with Gasteiger partial charge in [-0.15, -0.1) is 0 Å². The van der Waals surface area contributed by atoms with E-state index in [-0.39, 0.29) is 17.8 Å². The van der Waals surface area contributed by atoms with Crippen molar-refractivity contribution in [3.8, 4) is 0 Å². The highest BCUT2D eigenvalue weighted by molar-refractivity contribution is 6.06. The number of alkyl halides is 6. The summed E-state index contributed by atoms with van der Waals surface area (Å²) in [6.07, 6.45) is -7.79. The van der Waals surface area contributed by atoms with Gasteiger partial charge in [0.05, 0.1) is 34.9 Å². The quantitative estimate of drug-likeness (QED) is 0.357. The normalized spacial score (nSPS) is 12.2. The van der Waals surface area contributed by atoms with Gasteiger partial charge in [-0.1, -0.05) is 30.3 Å². The summed E-state index contributed by atoms with van der Waals surface area (Å²) in [5.74, 6) is -0.936. The number of carbonyl (C=O) groups excluding carboxylic acids is 1. The third-order valence-corrected chi connectivity index (χ3v) is 5.02. The number of rotatable bonds is 4. The Labute approximate surface area is 183 Å². The molecule has 0 aliphatic rings. The topological polar surface area (TPSA) is 46.9 Å². The molecule has 3 aromatic carbocycles. The molecular formula is C23H15F6N3O. The molecule has 0 saturated heterocycles. The van der Waals surface area contributed by atoms with Crippen molar-refractivity contribution in [2.24, 2.45) is 0 Å². The molecule has 1 amide bonds. The lowest BCUT2D eigenvalue weighted by molar-refractivity contribution is -0.138. The second kappa shape index (κ2) is 8.27. The monoisotopic (exact) mass is 463 g/mol. The van der Waals surface area contributed by atoms with Gasteiger partial charge in [0.2, 0.25) is 0 Å². The predicted octanol–water partition coefficient (Wildman–Crippen LogP) is 6.37. The van der Waals surface area contributed by atoms with Crippen LogP contribution in [0, 0.1) is 0 Å². The summed E-state index contributed by atoms with van der Waals surface area (Å²) in [6.45, 7) is -0.135. The Morgan fingerprint density at radius 1 is 0.848 bits per heavy atom. The number of nitrogens with zero attached hydrogens (tertiary/aromatic N) is 2. The van der Waals surface area contributed by atoms with Gasteiger partial charge in [-0.25, -0.2) is 0 Å². The molecule has 0 saturated carbocycles. The maximum Gasteiger partial charge on any atom is 0.417 e. The van der Waals surface area contributed by atoms with E-state index in [0.717, 1.165) is 18.2 Å². The van der Waals surface area contributed by atoms with Crippen LogP contribution in [0.4, 0.5) is 32.0 Å². The van der Waals surface area contributed by atoms with Crippen molar-refractivity contribution < 1.29 is 31.1 Å². The van der Waals surface area contributed by atoms with Gasteiger partial charge in [0.15, 0.2) is 0 Å². The van der Waals surface area contributed by atoms with Crippen molar-refractivity contribution in [1.82, 2.24) is 9.78 Å². The molecule has 0 aliphatic carbocycles. The van der Waals surface area contributed by atoms with Gasteiger partial charge in [-0.3, -0.25) is 9.48 Å². The van der Waals surface area contributed by atoms with Gasteiger partial charge in [0, 0.05) is 11.1 Å². The van der Waals surface area contributed by atoms with Crippen molar-refractivity contribution in [2.45, 2.75) is 18.9 Å². The fraction of sp³-hybridized carbons (Fsp3) is 0.130. The van der Waals surface area contributed by atoms with Crippen LogP contribution in [-0.2, 0) is 18.9 Å². The Kier molecular flexibility index (Phi) is 5.61.